The van der Waals surface area contributed by atoms with Crippen LogP contribution >= 0.6 is 0 Å². The monoisotopic (exact) mass is 547 g/mol. The van der Waals surface area contributed by atoms with Crippen molar-refractivity contribution < 1.29 is 9.59 Å². The van der Waals surface area contributed by atoms with Crippen molar-refractivity contribution in [3.63, 3.8) is 0 Å². The van der Waals surface area contributed by atoms with E-state index in [2.05, 4.69) is 32.2 Å². The Morgan fingerprint density at radius 1 is 0.756 bits per heavy atom. The molecule has 2 aliphatic heterocycles. The molecule has 2 amide bonds. The Kier molecular flexibility index (Phi) is 9.00. The fraction of sp³-hybridized carbons (Fsp3) is 0.344. The fourth-order valence-electron chi connectivity index (χ4n) is 5.33. The molecule has 3 aromatic rings. The van der Waals surface area contributed by atoms with E-state index in [4.69, 9.17) is 10.5 Å². The number of rotatable bonds is 7. The number of pyridine rings is 1. The average molecular weight is 548 g/mol. The minimum Gasteiger partial charge on any atom is -0.348 e. The Morgan fingerprint density at radius 3 is 1.78 bits per heavy atom. The van der Waals surface area contributed by atoms with Crippen molar-refractivity contribution in [2.75, 3.05) is 39.3 Å². The van der Waals surface area contributed by atoms with Crippen LogP contribution in [-0.2, 0) is 13.1 Å². The molecule has 2 saturated heterocycles. The Labute approximate surface area is 240 Å². The number of nitrogens with zero attached hydrogens (tertiary/aromatic N) is 6. The lowest BCUT2D eigenvalue weighted by Crippen LogP contribution is -2.48. The van der Waals surface area contributed by atoms with Crippen LogP contribution in [0.5, 0.6) is 0 Å². The molecular formula is C32H33N7O2. The van der Waals surface area contributed by atoms with Crippen LogP contribution in [-0.4, -0.2) is 76.8 Å². The van der Waals surface area contributed by atoms with Crippen molar-refractivity contribution in [3.8, 4) is 12.1 Å². The number of piperazine rings is 1. The zero-order valence-corrected chi connectivity index (χ0v) is 23.0. The summed E-state index contributed by atoms with van der Waals surface area (Å²) in [4.78, 5) is 36.7. The van der Waals surface area contributed by atoms with Gasteiger partial charge in [0.15, 0.2) is 0 Å². The summed E-state index contributed by atoms with van der Waals surface area (Å²) in [5.41, 5.74) is 4.44. The maximum absolute atomic E-state index is 13.0. The van der Waals surface area contributed by atoms with Crippen molar-refractivity contribution in [3.05, 3.63) is 100 Å². The summed E-state index contributed by atoms with van der Waals surface area (Å²) in [6.45, 7) is 6.17. The number of aromatic nitrogens is 1. The highest BCUT2D eigenvalue weighted by Crippen LogP contribution is 2.16. The van der Waals surface area contributed by atoms with E-state index in [0.717, 1.165) is 57.7 Å². The lowest BCUT2D eigenvalue weighted by Gasteiger charge is -2.34. The Bertz CT molecular complexity index is 1420. The van der Waals surface area contributed by atoms with Crippen LogP contribution in [0.15, 0.2) is 66.9 Å². The summed E-state index contributed by atoms with van der Waals surface area (Å²) in [6.07, 6.45) is 3.21. The number of nitrogens with one attached hydrogen (secondary N) is 1. The number of piperidine rings is 1. The number of carbonyl (C=O) groups excluding carboxylic acids is 2. The molecule has 2 aromatic carbocycles. The molecule has 0 radical (unpaired) electrons. The van der Waals surface area contributed by atoms with Gasteiger partial charge in [-0.1, -0.05) is 24.3 Å². The molecule has 1 aromatic heterocycles. The van der Waals surface area contributed by atoms with E-state index >= 15 is 0 Å². The summed E-state index contributed by atoms with van der Waals surface area (Å²) in [7, 11) is 0. The van der Waals surface area contributed by atoms with Crippen LogP contribution in [0.25, 0.3) is 0 Å². The second-order valence-electron chi connectivity index (χ2n) is 10.6. The van der Waals surface area contributed by atoms with Crippen LogP contribution in [0, 0.1) is 22.7 Å². The molecule has 0 unspecified atom stereocenters. The first-order valence-electron chi connectivity index (χ1n) is 14.0. The number of benzene rings is 2. The molecule has 1 N–H and O–H groups in total. The number of nitriles is 2. The molecule has 208 valence electrons. The molecule has 9 nitrogen and oxygen atoms in total. The molecule has 2 aliphatic rings. The van der Waals surface area contributed by atoms with E-state index in [1.165, 1.54) is 11.8 Å². The third-order valence-corrected chi connectivity index (χ3v) is 7.80. The minimum atomic E-state index is -0.217. The molecule has 0 atom stereocenters. The van der Waals surface area contributed by atoms with E-state index in [1.807, 2.05) is 53.4 Å². The van der Waals surface area contributed by atoms with Gasteiger partial charge < -0.3 is 10.2 Å². The average Bonchev–Trinajstić information content (AvgIpc) is 3.03. The molecule has 0 saturated carbocycles. The van der Waals surface area contributed by atoms with Gasteiger partial charge in [-0.2, -0.15) is 10.5 Å². The highest BCUT2D eigenvalue weighted by Gasteiger charge is 2.24. The number of hydrogen-bond donors (Lipinski definition) is 1. The van der Waals surface area contributed by atoms with E-state index < -0.39 is 0 Å². The Hall–Kier alpha value is -4.57. The van der Waals surface area contributed by atoms with Crippen molar-refractivity contribution in [2.45, 2.75) is 32.0 Å². The number of amides is 2. The molecule has 9 heteroatoms. The van der Waals surface area contributed by atoms with E-state index in [1.54, 1.807) is 12.1 Å². The van der Waals surface area contributed by atoms with Gasteiger partial charge in [-0.05, 0) is 60.4 Å². The van der Waals surface area contributed by atoms with Crippen LogP contribution in [0.1, 0.15) is 55.9 Å². The van der Waals surface area contributed by atoms with Gasteiger partial charge in [0.2, 0.25) is 0 Å². The van der Waals surface area contributed by atoms with Gasteiger partial charge in [-0.25, -0.2) is 0 Å². The number of likely N-dealkylation sites (tertiary alicyclic amines) is 1. The molecule has 0 aliphatic carbocycles. The van der Waals surface area contributed by atoms with Crippen LogP contribution in [0.2, 0.25) is 0 Å². The lowest BCUT2D eigenvalue weighted by atomic mass is 10.0. The van der Waals surface area contributed by atoms with Crippen molar-refractivity contribution in [1.29, 1.82) is 10.5 Å². The predicted molar refractivity (Wildman–Crippen MR) is 153 cm³/mol. The van der Waals surface area contributed by atoms with Crippen molar-refractivity contribution >= 4 is 11.8 Å². The standard InChI is InChI=1S/C32H33N7O2/c33-19-24-1-5-26(6-2-24)22-37-13-11-29(12-14-37)36-31(40)30-10-9-28(21-35-30)32(41)39-17-15-38(16-18-39)23-27-7-3-25(20-34)4-8-27/h1-10,21,29H,11-18,22-23H2,(H,36,40). The summed E-state index contributed by atoms with van der Waals surface area (Å²) in [6, 6.07) is 23.0. The number of carbonyl (C=O) groups is 2. The quantitative estimate of drug-likeness (QED) is 0.483. The van der Waals surface area contributed by atoms with Crippen LogP contribution < -0.4 is 5.32 Å². The van der Waals surface area contributed by atoms with Crippen LogP contribution in [0.3, 0.4) is 0 Å². The maximum atomic E-state index is 13.0. The van der Waals surface area contributed by atoms with Crippen molar-refractivity contribution in [1.82, 2.24) is 25.0 Å². The Balaban J connectivity index is 1.05. The fourth-order valence-corrected chi connectivity index (χ4v) is 5.33. The maximum Gasteiger partial charge on any atom is 0.270 e. The summed E-state index contributed by atoms with van der Waals surface area (Å²) >= 11 is 0. The summed E-state index contributed by atoms with van der Waals surface area (Å²) < 4.78 is 0. The van der Waals surface area contributed by atoms with Crippen LogP contribution in [0.4, 0.5) is 0 Å². The molecule has 5 rings (SSSR count). The second kappa shape index (κ2) is 13.2. The van der Waals surface area contributed by atoms with E-state index in [-0.39, 0.29) is 17.9 Å². The summed E-state index contributed by atoms with van der Waals surface area (Å²) in [5.74, 6) is -0.289. The summed E-state index contributed by atoms with van der Waals surface area (Å²) in [5, 5.41) is 21.0. The van der Waals surface area contributed by atoms with Gasteiger partial charge >= 0.3 is 0 Å². The van der Waals surface area contributed by atoms with E-state index in [0.29, 0.717) is 35.5 Å². The highest BCUT2D eigenvalue weighted by atomic mass is 16.2. The largest absolute Gasteiger partial charge is 0.348 e. The SMILES string of the molecule is N#Cc1ccc(CN2CCC(NC(=O)c3ccc(C(=O)N4CCN(Cc5ccc(C#N)cc5)CC4)cn3)CC2)cc1. The van der Waals surface area contributed by atoms with Gasteiger partial charge in [0, 0.05) is 64.6 Å². The zero-order chi connectivity index (χ0) is 28.6. The normalized spacial score (nSPS) is 16.5. The first-order valence-corrected chi connectivity index (χ1v) is 14.0. The Morgan fingerprint density at radius 2 is 1.29 bits per heavy atom. The minimum absolute atomic E-state index is 0.0721. The first-order chi connectivity index (χ1) is 20.0. The molecule has 41 heavy (non-hydrogen) atoms. The lowest BCUT2D eigenvalue weighted by molar-refractivity contribution is 0.0627. The first kappa shape index (κ1) is 28.0. The molecular weight excluding hydrogens is 514 g/mol. The highest BCUT2D eigenvalue weighted by molar-refractivity contribution is 5.96. The van der Waals surface area contributed by atoms with Crippen molar-refractivity contribution in [2.24, 2.45) is 0 Å². The third-order valence-electron chi connectivity index (χ3n) is 7.80. The molecule has 2 fully saturated rings. The van der Waals surface area contributed by atoms with E-state index in [9.17, 15) is 9.59 Å². The topological polar surface area (TPSA) is 116 Å². The zero-order valence-electron chi connectivity index (χ0n) is 23.0. The second-order valence-corrected chi connectivity index (χ2v) is 10.6. The molecule has 3 heterocycles. The van der Waals surface area contributed by atoms with Gasteiger partial charge in [0.1, 0.15) is 5.69 Å². The van der Waals surface area contributed by atoms with Gasteiger partial charge in [0.25, 0.3) is 11.8 Å². The molecule has 0 spiro atoms. The number of hydrogen-bond acceptors (Lipinski definition) is 7. The van der Waals surface area contributed by atoms with Gasteiger partial charge in [0.05, 0.1) is 28.8 Å². The predicted octanol–water partition coefficient (Wildman–Crippen LogP) is 3.18. The smallest absolute Gasteiger partial charge is 0.270 e. The van der Waals surface area contributed by atoms with Gasteiger partial charge in [-0.15, -0.1) is 0 Å². The molecule has 0 bridgehead atoms. The van der Waals surface area contributed by atoms with Gasteiger partial charge in [-0.3, -0.25) is 24.4 Å². The third kappa shape index (κ3) is 7.34.